The Morgan fingerprint density at radius 3 is 3.10 bits per heavy atom. The second-order valence-electron chi connectivity index (χ2n) is 4.90. The van der Waals surface area contributed by atoms with Crippen LogP contribution in [0.4, 0.5) is 5.13 Å². The molecule has 1 aliphatic heterocycles. The molecule has 1 atom stereocenters. The molecule has 4 rings (SSSR count). The van der Waals surface area contributed by atoms with Crippen molar-refractivity contribution in [2.24, 2.45) is 0 Å². The molecule has 21 heavy (non-hydrogen) atoms. The minimum Gasteiger partial charge on any atom is -0.486 e. The van der Waals surface area contributed by atoms with E-state index in [2.05, 4.69) is 15.4 Å². The Balaban J connectivity index is 1.42. The van der Waals surface area contributed by atoms with Crippen molar-refractivity contribution in [2.75, 3.05) is 18.5 Å². The standard InChI is InChI=1S/C14H14N4O2S/c1-9-7-18-14(16-9)21-13(17-18)15-6-10-8-19-11-4-2-3-5-12(11)20-10/h2-5,7,10H,6,8H2,1H3,(H,15,17). The Hall–Kier alpha value is -2.28. The number of ether oxygens (including phenoxy) is 2. The van der Waals surface area contributed by atoms with Crippen LogP contribution in [0, 0.1) is 6.92 Å². The van der Waals surface area contributed by atoms with Crippen LogP contribution in [0.15, 0.2) is 30.5 Å². The number of para-hydroxylation sites is 2. The molecule has 0 bridgehead atoms. The molecule has 1 N–H and O–H groups in total. The average Bonchev–Trinajstić information content (AvgIpc) is 3.01. The van der Waals surface area contributed by atoms with Crippen molar-refractivity contribution in [3.05, 3.63) is 36.2 Å². The summed E-state index contributed by atoms with van der Waals surface area (Å²) in [5.41, 5.74) is 0.973. The summed E-state index contributed by atoms with van der Waals surface area (Å²) >= 11 is 1.53. The van der Waals surface area contributed by atoms with Crippen LogP contribution in [0.2, 0.25) is 0 Å². The van der Waals surface area contributed by atoms with Crippen molar-refractivity contribution in [2.45, 2.75) is 13.0 Å². The molecule has 0 spiro atoms. The molecule has 1 aromatic carbocycles. The molecular formula is C14H14N4O2S. The zero-order chi connectivity index (χ0) is 14.2. The average molecular weight is 302 g/mol. The first kappa shape index (κ1) is 12.5. The summed E-state index contributed by atoms with van der Waals surface area (Å²) in [7, 11) is 0. The fourth-order valence-electron chi connectivity index (χ4n) is 2.25. The zero-order valence-electron chi connectivity index (χ0n) is 11.4. The highest BCUT2D eigenvalue weighted by Crippen LogP contribution is 2.31. The number of imidazole rings is 1. The third kappa shape index (κ3) is 2.40. The molecule has 0 fully saturated rings. The maximum atomic E-state index is 5.90. The molecule has 7 heteroatoms. The van der Waals surface area contributed by atoms with Gasteiger partial charge in [-0.1, -0.05) is 23.5 Å². The SMILES string of the molecule is Cc1cn2nc(NCC3COc4ccccc4O3)sc2n1. The van der Waals surface area contributed by atoms with Crippen LogP contribution in [0.5, 0.6) is 11.5 Å². The summed E-state index contributed by atoms with van der Waals surface area (Å²) in [6.07, 6.45) is 1.88. The van der Waals surface area contributed by atoms with Crippen molar-refractivity contribution in [3.63, 3.8) is 0 Å². The predicted molar refractivity (Wildman–Crippen MR) is 80.4 cm³/mol. The Morgan fingerprint density at radius 1 is 1.38 bits per heavy atom. The van der Waals surface area contributed by atoms with Gasteiger partial charge in [-0.2, -0.15) is 0 Å². The number of hydrogen-bond acceptors (Lipinski definition) is 6. The van der Waals surface area contributed by atoms with Gasteiger partial charge in [-0.05, 0) is 19.1 Å². The highest BCUT2D eigenvalue weighted by Gasteiger charge is 2.20. The first-order valence-corrected chi connectivity index (χ1v) is 7.55. The molecular weight excluding hydrogens is 288 g/mol. The summed E-state index contributed by atoms with van der Waals surface area (Å²) in [5.74, 6) is 1.59. The molecule has 2 aromatic heterocycles. The van der Waals surface area contributed by atoms with E-state index in [9.17, 15) is 0 Å². The summed E-state index contributed by atoms with van der Waals surface area (Å²) in [4.78, 5) is 5.27. The van der Waals surface area contributed by atoms with Gasteiger partial charge in [0.15, 0.2) is 11.5 Å². The lowest BCUT2D eigenvalue weighted by Gasteiger charge is -2.26. The first-order chi connectivity index (χ1) is 10.3. The molecule has 0 aliphatic carbocycles. The molecule has 0 saturated carbocycles. The van der Waals surface area contributed by atoms with Crippen LogP contribution in [0.1, 0.15) is 5.69 Å². The third-order valence-electron chi connectivity index (χ3n) is 3.21. The normalized spacial score (nSPS) is 17.1. The van der Waals surface area contributed by atoms with E-state index in [1.165, 1.54) is 11.3 Å². The van der Waals surface area contributed by atoms with Crippen LogP contribution in [-0.4, -0.2) is 33.9 Å². The van der Waals surface area contributed by atoms with Crippen molar-refractivity contribution >= 4 is 21.4 Å². The van der Waals surface area contributed by atoms with Gasteiger partial charge in [-0.15, -0.1) is 5.10 Å². The Labute approximate surface area is 125 Å². The summed E-state index contributed by atoms with van der Waals surface area (Å²) < 4.78 is 13.4. The molecule has 0 saturated heterocycles. The number of fused-ring (bicyclic) bond motifs is 2. The molecule has 0 amide bonds. The van der Waals surface area contributed by atoms with Crippen LogP contribution >= 0.6 is 11.3 Å². The van der Waals surface area contributed by atoms with Crippen LogP contribution in [0.25, 0.3) is 4.96 Å². The fourth-order valence-corrected chi connectivity index (χ4v) is 3.08. The lowest BCUT2D eigenvalue weighted by molar-refractivity contribution is 0.0997. The number of aryl methyl sites for hydroxylation is 1. The van der Waals surface area contributed by atoms with E-state index >= 15 is 0 Å². The molecule has 3 heterocycles. The number of benzene rings is 1. The minimum absolute atomic E-state index is 0.0298. The molecule has 0 radical (unpaired) electrons. The highest BCUT2D eigenvalue weighted by atomic mass is 32.1. The minimum atomic E-state index is -0.0298. The van der Waals surface area contributed by atoms with Gasteiger partial charge in [0.1, 0.15) is 12.7 Å². The van der Waals surface area contributed by atoms with Crippen molar-refractivity contribution in [1.29, 1.82) is 0 Å². The number of nitrogens with zero attached hydrogens (tertiary/aromatic N) is 3. The van der Waals surface area contributed by atoms with E-state index in [1.807, 2.05) is 37.4 Å². The van der Waals surface area contributed by atoms with Crippen molar-refractivity contribution in [1.82, 2.24) is 14.6 Å². The Bertz CT molecular complexity index is 751. The number of aromatic nitrogens is 3. The lowest BCUT2D eigenvalue weighted by Crippen LogP contribution is -2.35. The predicted octanol–water partition coefficient (Wildman–Crippen LogP) is 2.35. The van der Waals surface area contributed by atoms with Crippen LogP contribution in [0.3, 0.4) is 0 Å². The summed E-state index contributed by atoms with van der Waals surface area (Å²) in [6, 6.07) is 7.71. The van der Waals surface area contributed by atoms with Crippen LogP contribution < -0.4 is 14.8 Å². The van der Waals surface area contributed by atoms with Gasteiger partial charge < -0.3 is 14.8 Å². The lowest BCUT2D eigenvalue weighted by atomic mass is 10.2. The van der Waals surface area contributed by atoms with Gasteiger partial charge in [0.25, 0.3) is 0 Å². The second kappa shape index (κ2) is 4.92. The molecule has 1 aliphatic rings. The smallest absolute Gasteiger partial charge is 0.214 e. The molecule has 3 aromatic rings. The van der Waals surface area contributed by atoms with Gasteiger partial charge in [0.2, 0.25) is 10.1 Å². The van der Waals surface area contributed by atoms with Gasteiger partial charge in [0.05, 0.1) is 18.4 Å². The van der Waals surface area contributed by atoms with E-state index < -0.39 is 0 Å². The largest absolute Gasteiger partial charge is 0.486 e. The molecule has 1 unspecified atom stereocenters. The van der Waals surface area contributed by atoms with Gasteiger partial charge in [-0.3, -0.25) is 0 Å². The first-order valence-electron chi connectivity index (χ1n) is 6.73. The van der Waals surface area contributed by atoms with E-state index in [0.717, 1.165) is 27.3 Å². The van der Waals surface area contributed by atoms with Gasteiger partial charge in [0, 0.05) is 0 Å². The van der Waals surface area contributed by atoms with Gasteiger partial charge in [-0.25, -0.2) is 9.50 Å². The van der Waals surface area contributed by atoms with E-state index in [-0.39, 0.29) is 6.10 Å². The number of anilines is 1. The Morgan fingerprint density at radius 2 is 2.24 bits per heavy atom. The maximum absolute atomic E-state index is 5.90. The number of rotatable bonds is 3. The summed E-state index contributed by atoms with van der Waals surface area (Å²) in [5, 5.41) is 8.54. The van der Waals surface area contributed by atoms with E-state index in [0.29, 0.717) is 13.2 Å². The Kier molecular flexibility index (Phi) is 2.92. The number of hydrogen-bond donors (Lipinski definition) is 1. The summed E-state index contributed by atoms with van der Waals surface area (Å²) in [6.45, 7) is 3.13. The molecule has 108 valence electrons. The van der Waals surface area contributed by atoms with Crippen LogP contribution in [-0.2, 0) is 0 Å². The van der Waals surface area contributed by atoms with Gasteiger partial charge >= 0.3 is 0 Å². The fraction of sp³-hybridized carbons (Fsp3) is 0.286. The number of nitrogens with one attached hydrogen (secondary N) is 1. The zero-order valence-corrected chi connectivity index (χ0v) is 12.3. The third-order valence-corrected chi connectivity index (χ3v) is 4.09. The monoisotopic (exact) mass is 302 g/mol. The van der Waals surface area contributed by atoms with Crippen molar-refractivity contribution in [3.8, 4) is 11.5 Å². The molecule has 6 nitrogen and oxygen atoms in total. The quantitative estimate of drug-likeness (QED) is 0.805. The van der Waals surface area contributed by atoms with Crippen molar-refractivity contribution < 1.29 is 9.47 Å². The topological polar surface area (TPSA) is 60.7 Å². The highest BCUT2D eigenvalue weighted by molar-refractivity contribution is 7.20. The second-order valence-corrected chi connectivity index (χ2v) is 5.85. The maximum Gasteiger partial charge on any atom is 0.214 e. The van der Waals surface area contributed by atoms with E-state index in [4.69, 9.17) is 9.47 Å². The van der Waals surface area contributed by atoms with E-state index in [1.54, 1.807) is 4.52 Å².